The highest BCUT2D eigenvalue weighted by atomic mass is 32.2. The standard InChI is InChI=1S/C29H35N5O2S2/c1-4-6-13-33-26(32-16-14-31(15-17-32)20-22-10-8-7-9-11-22)23(21(3)24(19-30)27(33)35)18-25-28(36)34(12-5-2)29(37)38-25/h7-11,18H,4-6,12-17,20H2,1-3H3/b25-18+. The van der Waals surface area contributed by atoms with Gasteiger partial charge in [-0.25, -0.2) is 0 Å². The molecule has 0 atom stereocenters. The molecule has 3 heterocycles. The maximum absolute atomic E-state index is 13.5. The number of hydrogen-bond acceptors (Lipinski definition) is 7. The number of aromatic nitrogens is 1. The lowest BCUT2D eigenvalue weighted by Crippen LogP contribution is -2.48. The summed E-state index contributed by atoms with van der Waals surface area (Å²) < 4.78 is 2.32. The lowest BCUT2D eigenvalue weighted by molar-refractivity contribution is -0.122. The number of thioether (sulfide) groups is 1. The number of rotatable bonds is 9. The Labute approximate surface area is 234 Å². The smallest absolute Gasteiger partial charge is 0.270 e. The Morgan fingerprint density at radius 1 is 1.05 bits per heavy atom. The van der Waals surface area contributed by atoms with Gasteiger partial charge in [0.15, 0.2) is 0 Å². The fourth-order valence-corrected chi connectivity index (χ4v) is 6.31. The van der Waals surface area contributed by atoms with E-state index in [1.165, 1.54) is 17.3 Å². The van der Waals surface area contributed by atoms with E-state index < -0.39 is 0 Å². The normalized spacial score (nSPS) is 17.5. The molecule has 4 rings (SSSR count). The van der Waals surface area contributed by atoms with Crippen LogP contribution in [-0.4, -0.2) is 57.3 Å². The second kappa shape index (κ2) is 12.7. The van der Waals surface area contributed by atoms with Crippen molar-refractivity contribution in [1.29, 1.82) is 5.26 Å². The molecule has 0 radical (unpaired) electrons. The van der Waals surface area contributed by atoms with Crippen molar-refractivity contribution in [1.82, 2.24) is 14.4 Å². The molecule has 9 heteroatoms. The average molecular weight is 550 g/mol. The summed E-state index contributed by atoms with van der Waals surface area (Å²) in [6, 6.07) is 12.6. The molecule has 0 spiro atoms. The van der Waals surface area contributed by atoms with Crippen LogP contribution in [0, 0.1) is 18.3 Å². The molecule has 0 aliphatic carbocycles. The van der Waals surface area contributed by atoms with E-state index in [2.05, 4.69) is 47.1 Å². The molecule has 0 saturated carbocycles. The van der Waals surface area contributed by atoms with Gasteiger partial charge in [-0.15, -0.1) is 0 Å². The first-order valence-electron chi connectivity index (χ1n) is 13.3. The van der Waals surface area contributed by atoms with Crippen molar-refractivity contribution in [3.8, 4) is 6.07 Å². The minimum Gasteiger partial charge on any atom is -0.355 e. The first kappa shape index (κ1) is 28.1. The number of hydrogen-bond donors (Lipinski definition) is 0. The van der Waals surface area contributed by atoms with Gasteiger partial charge in [0, 0.05) is 51.4 Å². The van der Waals surface area contributed by atoms with Crippen LogP contribution >= 0.6 is 24.0 Å². The number of pyridine rings is 1. The summed E-state index contributed by atoms with van der Waals surface area (Å²) in [4.78, 5) is 33.6. The number of nitriles is 1. The Kier molecular flexibility index (Phi) is 9.42. The van der Waals surface area contributed by atoms with Gasteiger partial charge < -0.3 is 4.90 Å². The molecule has 0 unspecified atom stereocenters. The molecule has 1 aromatic carbocycles. The molecule has 2 aliphatic rings. The van der Waals surface area contributed by atoms with Gasteiger partial charge in [-0.3, -0.25) is 24.0 Å². The summed E-state index contributed by atoms with van der Waals surface area (Å²) in [5.74, 6) is 0.699. The van der Waals surface area contributed by atoms with Gasteiger partial charge in [-0.1, -0.05) is 74.6 Å². The first-order chi connectivity index (χ1) is 18.4. The summed E-state index contributed by atoms with van der Waals surface area (Å²) in [5.41, 5.74) is 2.56. The molecule has 38 heavy (non-hydrogen) atoms. The Hall–Kier alpha value is -2.93. The van der Waals surface area contributed by atoms with Crippen molar-refractivity contribution >= 4 is 46.1 Å². The highest BCUT2D eigenvalue weighted by Gasteiger charge is 2.33. The van der Waals surface area contributed by atoms with Crippen molar-refractivity contribution in [3.63, 3.8) is 0 Å². The van der Waals surface area contributed by atoms with Gasteiger partial charge >= 0.3 is 0 Å². The summed E-state index contributed by atoms with van der Waals surface area (Å²) in [6.45, 7) is 11.1. The summed E-state index contributed by atoms with van der Waals surface area (Å²) >= 11 is 6.79. The summed E-state index contributed by atoms with van der Waals surface area (Å²) in [6.07, 6.45) is 4.43. The summed E-state index contributed by atoms with van der Waals surface area (Å²) in [7, 11) is 0. The number of amides is 1. The van der Waals surface area contributed by atoms with Crippen LogP contribution in [0.25, 0.3) is 6.08 Å². The van der Waals surface area contributed by atoms with Crippen molar-refractivity contribution < 1.29 is 4.79 Å². The largest absolute Gasteiger partial charge is 0.355 e. The number of anilines is 1. The Morgan fingerprint density at radius 3 is 2.39 bits per heavy atom. The van der Waals surface area contributed by atoms with Gasteiger partial charge in [0.1, 0.15) is 21.8 Å². The monoisotopic (exact) mass is 549 g/mol. The number of nitrogens with zero attached hydrogens (tertiary/aromatic N) is 5. The van der Waals surface area contributed by atoms with Crippen LogP contribution in [0.3, 0.4) is 0 Å². The minimum atomic E-state index is -0.254. The van der Waals surface area contributed by atoms with Crippen molar-refractivity contribution in [2.75, 3.05) is 37.6 Å². The number of unbranched alkanes of at least 4 members (excludes halogenated alkanes) is 1. The van der Waals surface area contributed by atoms with E-state index in [4.69, 9.17) is 12.2 Å². The van der Waals surface area contributed by atoms with Crippen molar-refractivity contribution in [2.24, 2.45) is 0 Å². The van der Waals surface area contributed by atoms with Gasteiger partial charge in [-0.2, -0.15) is 5.26 Å². The fraction of sp³-hybridized carbons (Fsp3) is 0.448. The SMILES string of the molecule is CCCCn1c(N2CCN(Cc3ccccc3)CC2)c(/C=C2/SC(=S)N(CCC)C2=O)c(C)c(C#N)c1=O. The highest BCUT2D eigenvalue weighted by molar-refractivity contribution is 8.26. The zero-order valence-electron chi connectivity index (χ0n) is 22.4. The van der Waals surface area contributed by atoms with E-state index in [9.17, 15) is 14.9 Å². The molecule has 0 N–H and O–H groups in total. The average Bonchev–Trinajstić information content (AvgIpc) is 3.18. The lowest BCUT2D eigenvalue weighted by atomic mass is 10.0. The molecule has 7 nitrogen and oxygen atoms in total. The predicted octanol–water partition coefficient (Wildman–Crippen LogP) is 4.76. The molecular weight excluding hydrogens is 514 g/mol. The van der Waals surface area contributed by atoms with Crippen molar-refractivity contribution in [2.45, 2.75) is 53.1 Å². The van der Waals surface area contributed by atoms with E-state index in [1.54, 1.807) is 9.47 Å². The molecule has 200 valence electrons. The second-order valence-electron chi connectivity index (χ2n) is 9.74. The second-order valence-corrected chi connectivity index (χ2v) is 11.4. The van der Waals surface area contributed by atoms with Crippen LogP contribution in [0.5, 0.6) is 0 Å². The van der Waals surface area contributed by atoms with Crippen molar-refractivity contribution in [3.05, 3.63) is 67.8 Å². The van der Waals surface area contributed by atoms with Crippen LogP contribution in [0.2, 0.25) is 0 Å². The Balaban J connectivity index is 1.74. The van der Waals surface area contributed by atoms with Gasteiger partial charge in [0.05, 0.1) is 4.91 Å². The van der Waals surface area contributed by atoms with Crippen LogP contribution in [0.15, 0.2) is 40.0 Å². The molecule has 0 bridgehead atoms. The third-order valence-electron chi connectivity index (χ3n) is 7.10. The molecular formula is C29H35N5O2S2. The van der Waals surface area contributed by atoms with Gasteiger partial charge in [-0.05, 0) is 37.0 Å². The number of thiocarbonyl (C=S) groups is 1. The molecule has 2 aliphatic heterocycles. The molecule has 2 saturated heterocycles. The Morgan fingerprint density at radius 2 is 1.76 bits per heavy atom. The minimum absolute atomic E-state index is 0.107. The van der Waals surface area contributed by atoms with E-state index in [1.807, 2.05) is 26.0 Å². The van der Waals surface area contributed by atoms with E-state index in [0.29, 0.717) is 27.9 Å². The zero-order chi connectivity index (χ0) is 27.2. The van der Waals surface area contributed by atoms with Gasteiger partial charge in [0.25, 0.3) is 11.5 Å². The van der Waals surface area contributed by atoms with E-state index >= 15 is 0 Å². The third kappa shape index (κ3) is 5.88. The maximum atomic E-state index is 13.5. The molecule has 1 amide bonds. The number of carbonyl (C=O) groups is 1. The lowest BCUT2D eigenvalue weighted by Gasteiger charge is -2.38. The van der Waals surface area contributed by atoms with Crippen LogP contribution in [0.4, 0.5) is 5.82 Å². The van der Waals surface area contributed by atoms with Gasteiger partial charge in [0.2, 0.25) is 0 Å². The summed E-state index contributed by atoms with van der Waals surface area (Å²) in [5, 5.41) is 9.91. The third-order valence-corrected chi connectivity index (χ3v) is 8.48. The van der Waals surface area contributed by atoms with E-state index in [-0.39, 0.29) is 17.0 Å². The zero-order valence-corrected chi connectivity index (χ0v) is 24.0. The highest BCUT2D eigenvalue weighted by Crippen LogP contribution is 2.36. The molecule has 1 aromatic heterocycles. The Bertz CT molecular complexity index is 1320. The predicted molar refractivity (Wildman–Crippen MR) is 159 cm³/mol. The molecule has 2 aromatic rings. The number of benzene rings is 1. The fourth-order valence-electron chi connectivity index (χ4n) is 5.02. The van der Waals surface area contributed by atoms with Crippen LogP contribution in [0.1, 0.15) is 55.4 Å². The van der Waals surface area contributed by atoms with E-state index in [0.717, 1.165) is 63.4 Å². The number of carbonyl (C=O) groups excluding carboxylic acids is 1. The quantitative estimate of drug-likeness (QED) is 0.330. The maximum Gasteiger partial charge on any atom is 0.270 e. The first-order valence-corrected chi connectivity index (χ1v) is 14.6. The number of piperazine rings is 1. The van der Waals surface area contributed by atoms with Crippen LogP contribution < -0.4 is 10.5 Å². The van der Waals surface area contributed by atoms with Crippen LogP contribution in [-0.2, 0) is 17.9 Å². The molecule has 2 fully saturated rings. The topological polar surface area (TPSA) is 72.6 Å².